The second-order valence-electron chi connectivity index (χ2n) is 15.2. The first kappa shape index (κ1) is 37.8. The molecule has 0 bridgehead atoms. The first-order valence-electron chi connectivity index (χ1n) is 18.3. The third-order valence-electron chi connectivity index (χ3n) is 10.7. The molecule has 11 nitrogen and oxygen atoms in total. The summed E-state index contributed by atoms with van der Waals surface area (Å²) in [5, 5.41) is 14.0. The van der Waals surface area contributed by atoms with Gasteiger partial charge in [0.15, 0.2) is 5.60 Å². The van der Waals surface area contributed by atoms with Gasteiger partial charge in [-0.2, -0.15) is 0 Å². The predicted molar refractivity (Wildman–Crippen MR) is 193 cm³/mol. The molecule has 1 spiro atoms. The third-order valence-corrected chi connectivity index (χ3v) is 10.9. The Morgan fingerprint density at radius 3 is 2.48 bits per heavy atom. The average molecular weight is 712 g/mol. The van der Waals surface area contributed by atoms with Crippen LogP contribution in [0.3, 0.4) is 0 Å². The molecule has 3 fully saturated rings. The number of allylic oxidation sites excluding steroid dienone is 1. The smallest absolute Gasteiger partial charge is 0.289 e. The van der Waals surface area contributed by atoms with E-state index < -0.39 is 46.9 Å². The van der Waals surface area contributed by atoms with Crippen LogP contribution < -0.4 is 16.0 Å². The first-order valence-corrected chi connectivity index (χ1v) is 18.7. The number of benzene rings is 1. The van der Waals surface area contributed by atoms with Gasteiger partial charge in [-0.3, -0.25) is 19.2 Å². The number of oxime groups is 1. The summed E-state index contributed by atoms with van der Waals surface area (Å²) in [6.45, 7) is 9.97. The van der Waals surface area contributed by atoms with E-state index >= 15 is 0 Å². The standard InChI is InChI=1S/C38H54ClN5O6/c1-6-12-29(32(45)35(47)41-28-17-18-28)42-34(46)31-22-38(21-30(43-50-38)26-15-11-16-27(39)20-26)23-44(31)36(48)33(37(3,4)49-5)40-24(2)19-25-13-9-7-8-10-14-25/h11,15-16,20,25,28-29,31,33,40H,2,6-10,12-14,17-19,21-23H2,1,3-5H3,(H,41,47)(H,42,46)/t29-,31-,33+,38+/m0/s1. The van der Waals surface area contributed by atoms with Crippen LogP contribution in [0, 0.1) is 5.92 Å². The number of methoxy groups -OCH3 is 1. The molecule has 5 rings (SSSR count). The van der Waals surface area contributed by atoms with Crippen molar-refractivity contribution in [3.05, 3.63) is 47.1 Å². The minimum atomic E-state index is -1.02. The number of carbonyl (C=O) groups excluding carboxylic acids is 4. The largest absolute Gasteiger partial charge is 0.387 e. The SMILES string of the molecule is C=C(CC1CCCCCC1)N[C@H](C(=O)N1C[C@@]2(CC(c3cccc(Cl)c3)=NO2)C[C@H]1C(=O)N[C@@H](CCC)C(=O)C(=O)NC1CC1)C(C)(C)OC. The predicted octanol–water partition coefficient (Wildman–Crippen LogP) is 5.19. The van der Waals surface area contributed by atoms with Gasteiger partial charge < -0.3 is 30.4 Å². The van der Waals surface area contributed by atoms with E-state index in [2.05, 4.69) is 27.7 Å². The van der Waals surface area contributed by atoms with Gasteiger partial charge in [0.05, 0.1) is 23.9 Å². The number of halogens is 1. The Hall–Kier alpha value is -3.44. The van der Waals surface area contributed by atoms with Crippen molar-refractivity contribution in [3.63, 3.8) is 0 Å². The van der Waals surface area contributed by atoms with Crippen molar-refractivity contribution < 1.29 is 28.8 Å². The second-order valence-corrected chi connectivity index (χ2v) is 15.6. The molecule has 50 heavy (non-hydrogen) atoms. The summed E-state index contributed by atoms with van der Waals surface area (Å²) in [6.07, 6.45) is 10.9. The molecule has 3 N–H and O–H groups in total. The molecule has 1 saturated heterocycles. The zero-order valence-electron chi connectivity index (χ0n) is 30.0. The number of rotatable bonds is 15. The highest BCUT2D eigenvalue weighted by atomic mass is 35.5. The average Bonchev–Trinajstić information content (AvgIpc) is 3.77. The van der Waals surface area contributed by atoms with Gasteiger partial charge in [-0.1, -0.05) is 87.3 Å². The maximum atomic E-state index is 14.8. The summed E-state index contributed by atoms with van der Waals surface area (Å²) < 4.78 is 5.87. The lowest BCUT2D eigenvalue weighted by Gasteiger charge is -2.38. The van der Waals surface area contributed by atoms with Crippen LogP contribution in [0.25, 0.3) is 0 Å². The van der Waals surface area contributed by atoms with Gasteiger partial charge in [-0.25, -0.2) is 0 Å². The Bertz CT molecular complexity index is 1470. The van der Waals surface area contributed by atoms with E-state index in [0.717, 1.165) is 43.4 Å². The van der Waals surface area contributed by atoms with Crippen molar-refractivity contribution >= 4 is 40.8 Å². The Morgan fingerprint density at radius 1 is 1.12 bits per heavy atom. The van der Waals surface area contributed by atoms with E-state index in [-0.39, 0.29) is 31.3 Å². The minimum Gasteiger partial charge on any atom is -0.387 e. The Kier molecular flexibility index (Phi) is 12.3. The fourth-order valence-electron chi connectivity index (χ4n) is 7.42. The summed E-state index contributed by atoms with van der Waals surface area (Å²) in [4.78, 5) is 62.6. The summed E-state index contributed by atoms with van der Waals surface area (Å²) in [5.74, 6) is -1.75. The lowest BCUT2D eigenvalue weighted by Crippen LogP contribution is -2.60. The van der Waals surface area contributed by atoms with Gasteiger partial charge >= 0.3 is 0 Å². The van der Waals surface area contributed by atoms with Crippen molar-refractivity contribution in [2.45, 2.75) is 140 Å². The molecule has 2 aliphatic heterocycles. The zero-order valence-corrected chi connectivity index (χ0v) is 30.8. The molecule has 1 aromatic rings. The Morgan fingerprint density at radius 2 is 1.84 bits per heavy atom. The maximum absolute atomic E-state index is 14.8. The van der Waals surface area contributed by atoms with Crippen LogP contribution in [-0.4, -0.2) is 83.1 Å². The van der Waals surface area contributed by atoms with E-state index in [1.54, 1.807) is 19.2 Å². The normalized spacial score (nSPS) is 23.7. The van der Waals surface area contributed by atoms with E-state index in [9.17, 15) is 19.2 Å². The highest BCUT2D eigenvalue weighted by Gasteiger charge is 2.56. The number of nitrogens with zero attached hydrogens (tertiary/aromatic N) is 2. The summed E-state index contributed by atoms with van der Waals surface area (Å²) >= 11 is 6.28. The highest BCUT2D eigenvalue weighted by molar-refractivity contribution is 6.38. The summed E-state index contributed by atoms with van der Waals surface area (Å²) in [5.41, 5.74) is 0.267. The first-order chi connectivity index (χ1) is 23.8. The van der Waals surface area contributed by atoms with Crippen LogP contribution in [0.15, 0.2) is 41.7 Å². The van der Waals surface area contributed by atoms with Gasteiger partial charge in [0.1, 0.15) is 12.1 Å². The molecule has 0 unspecified atom stereocenters. The quantitative estimate of drug-likeness (QED) is 0.168. The van der Waals surface area contributed by atoms with E-state index in [0.29, 0.717) is 29.5 Å². The van der Waals surface area contributed by atoms with E-state index in [1.807, 2.05) is 32.9 Å². The molecule has 12 heteroatoms. The van der Waals surface area contributed by atoms with Crippen molar-refractivity contribution in [2.24, 2.45) is 11.1 Å². The third kappa shape index (κ3) is 9.26. The molecular formula is C38H54ClN5O6. The van der Waals surface area contributed by atoms with Gasteiger partial charge in [-0.05, 0) is 57.6 Å². The van der Waals surface area contributed by atoms with Gasteiger partial charge in [-0.15, -0.1) is 0 Å². The van der Waals surface area contributed by atoms with Crippen molar-refractivity contribution in [2.75, 3.05) is 13.7 Å². The molecule has 2 heterocycles. The van der Waals surface area contributed by atoms with Crippen LogP contribution in [0.1, 0.15) is 110 Å². The molecule has 2 aliphatic carbocycles. The number of Topliss-reactive ketones (excluding diaryl/α,β-unsaturated/α-hetero) is 1. The highest BCUT2D eigenvalue weighted by Crippen LogP contribution is 2.40. The monoisotopic (exact) mass is 711 g/mol. The van der Waals surface area contributed by atoms with Gasteiger partial charge in [0.2, 0.25) is 17.6 Å². The number of amides is 3. The Balaban J connectivity index is 1.40. The number of likely N-dealkylation sites (tertiary alicyclic amines) is 1. The van der Waals surface area contributed by atoms with Crippen LogP contribution in [0.4, 0.5) is 0 Å². The number of hydrogen-bond acceptors (Lipinski definition) is 8. The number of ether oxygens (including phenoxy) is 1. The van der Waals surface area contributed by atoms with Gasteiger partial charge in [0.25, 0.3) is 5.91 Å². The molecule has 0 aromatic heterocycles. The summed E-state index contributed by atoms with van der Waals surface area (Å²) in [7, 11) is 1.56. The van der Waals surface area contributed by atoms with Crippen molar-refractivity contribution in [3.8, 4) is 0 Å². The van der Waals surface area contributed by atoms with Crippen LogP contribution in [-0.2, 0) is 28.8 Å². The second kappa shape index (κ2) is 16.3. The number of hydrogen-bond donors (Lipinski definition) is 3. The molecule has 1 aromatic carbocycles. The van der Waals surface area contributed by atoms with E-state index in [4.69, 9.17) is 21.2 Å². The topological polar surface area (TPSA) is 138 Å². The van der Waals surface area contributed by atoms with E-state index in [1.165, 1.54) is 30.6 Å². The maximum Gasteiger partial charge on any atom is 0.289 e. The number of ketones is 1. The zero-order chi connectivity index (χ0) is 36.1. The molecule has 4 aliphatic rings. The van der Waals surface area contributed by atoms with Crippen molar-refractivity contribution in [1.29, 1.82) is 0 Å². The van der Waals surface area contributed by atoms with Crippen molar-refractivity contribution in [1.82, 2.24) is 20.9 Å². The van der Waals surface area contributed by atoms with Crippen LogP contribution >= 0.6 is 11.6 Å². The Labute approximate surface area is 301 Å². The lowest BCUT2D eigenvalue weighted by molar-refractivity contribution is -0.147. The summed E-state index contributed by atoms with van der Waals surface area (Å²) in [6, 6.07) is 4.42. The lowest BCUT2D eigenvalue weighted by atomic mass is 9.91. The number of carbonyl (C=O) groups is 4. The fourth-order valence-corrected chi connectivity index (χ4v) is 7.61. The molecule has 274 valence electrons. The van der Waals surface area contributed by atoms with Crippen LogP contribution in [0.5, 0.6) is 0 Å². The van der Waals surface area contributed by atoms with Gasteiger partial charge in [0, 0.05) is 42.3 Å². The molecule has 3 amide bonds. The minimum absolute atomic E-state index is 0.00585. The molecule has 4 atom stereocenters. The molecule has 2 saturated carbocycles. The molecule has 0 radical (unpaired) electrons. The number of nitrogens with one attached hydrogen (secondary N) is 3. The fraction of sp³-hybridized carbons (Fsp3) is 0.658. The van der Waals surface area contributed by atoms with Crippen LogP contribution in [0.2, 0.25) is 5.02 Å². The molecular weight excluding hydrogens is 658 g/mol.